The summed E-state index contributed by atoms with van der Waals surface area (Å²) in [5.41, 5.74) is 7.36. The zero-order valence-electron chi connectivity index (χ0n) is 11.6. The van der Waals surface area contributed by atoms with E-state index in [2.05, 4.69) is 19.9 Å². The molecule has 0 aromatic carbocycles. The summed E-state index contributed by atoms with van der Waals surface area (Å²) in [6.45, 7) is 5.00. The van der Waals surface area contributed by atoms with Crippen LogP contribution in [-0.4, -0.2) is 52.4 Å². The first-order valence-electron chi connectivity index (χ1n) is 6.83. The Kier molecular flexibility index (Phi) is 4.00. The molecule has 0 saturated carbocycles. The molecule has 108 valence electrons. The fraction of sp³-hybridized carbons (Fsp3) is 0.538. The fourth-order valence-corrected chi connectivity index (χ4v) is 3.21. The molecule has 0 radical (unpaired) electrons. The first-order valence-corrected chi connectivity index (χ1v) is 7.71. The summed E-state index contributed by atoms with van der Waals surface area (Å²) in [5.74, 6) is 0. The molecule has 20 heavy (non-hydrogen) atoms. The standard InChI is InChI=1S/C13H20N6S/c1-17-9-11(8-16-17)12(14)10-18-3-5-19(6-4-18)13-15-2-7-20-13/h2,7-9,12H,3-6,10,14H2,1H3. The maximum atomic E-state index is 6.25. The summed E-state index contributed by atoms with van der Waals surface area (Å²) in [6.07, 6.45) is 5.72. The maximum absolute atomic E-state index is 6.25. The lowest BCUT2D eigenvalue weighted by Crippen LogP contribution is -2.48. The molecule has 0 spiro atoms. The molecule has 2 aromatic rings. The van der Waals surface area contributed by atoms with Gasteiger partial charge in [0.1, 0.15) is 0 Å². The second-order valence-corrected chi connectivity index (χ2v) is 6.03. The van der Waals surface area contributed by atoms with Crippen LogP contribution in [0.2, 0.25) is 0 Å². The third kappa shape index (κ3) is 3.00. The van der Waals surface area contributed by atoms with E-state index in [0.29, 0.717) is 0 Å². The zero-order valence-corrected chi connectivity index (χ0v) is 12.5. The van der Waals surface area contributed by atoms with E-state index in [1.54, 1.807) is 16.0 Å². The van der Waals surface area contributed by atoms with E-state index in [1.165, 1.54) is 0 Å². The smallest absolute Gasteiger partial charge is 0.185 e. The molecule has 1 atom stereocenters. The molecule has 0 bridgehead atoms. The van der Waals surface area contributed by atoms with E-state index in [0.717, 1.165) is 43.4 Å². The van der Waals surface area contributed by atoms with Gasteiger partial charge in [0.05, 0.1) is 6.20 Å². The summed E-state index contributed by atoms with van der Waals surface area (Å²) >= 11 is 1.70. The lowest BCUT2D eigenvalue weighted by Gasteiger charge is -2.35. The molecule has 2 N–H and O–H groups in total. The van der Waals surface area contributed by atoms with Gasteiger partial charge in [0.25, 0.3) is 0 Å². The van der Waals surface area contributed by atoms with Crippen LogP contribution in [0.1, 0.15) is 11.6 Å². The summed E-state index contributed by atoms with van der Waals surface area (Å²) in [5, 5.41) is 7.33. The number of nitrogens with two attached hydrogens (primary N) is 1. The van der Waals surface area contributed by atoms with Gasteiger partial charge in [-0.1, -0.05) is 0 Å². The first-order chi connectivity index (χ1) is 9.72. The van der Waals surface area contributed by atoms with E-state index in [9.17, 15) is 0 Å². The monoisotopic (exact) mass is 292 g/mol. The van der Waals surface area contributed by atoms with Gasteiger partial charge >= 0.3 is 0 Å². The first kappa shape index (κ1) is 13.5. The summed E-state index contributed by atoms with van der Waals surface area (Å²) in [4.78, 5) is 9.13. The predicted octanol–water partition coefficient (Wildman–Crippen LogP) is 0.699. The summed E-state index contributed by atoms with van der Waals surface area (Å²) < 4.78 is 1.80. The molecule has 3 heterocycles. The zero-order chi connectivity index (χ0) is 13.9. The van der Waals surface area contributed by atoms with Crippen molar-refractivity contribution in [3.05, 3.63) is 29.5 Å². The lowest BCUT2D eigenvalue weighted by molar-refractivity contribution is 0.243. The second-order valence-electron chi connectivity index (χ2n) is 5.16. The van der Waals surface area contributed by atoms with Crippen molar-refractivity contribution in [1.82, 2.24) is 19.7 Å². The number of anilines is 1. The molecular weight excluding hydrogens is 272 g/mol. The van der Waals surface area contributed by atoms with E-state index in [-0.39, 0.29) is 6.04 Å². The Morgan fingerprint density at radius 3 is 2.75 bits per heavy atom. The van der Waals surface area contributed by atoms with Gasteiger partial charge in [0.15, 0.2) is 5.13 Å². The maximum Gasteiger partial charge on any atom is 0.185 e. The van der Waals surface area contributed by atoms with Crippen LogP contribution in [0.25, 0.3) is 0 Å². The van der Waals surface area contributed by atoms with Crippen LogP contribution in [0.3, 0.4) is 0 Å². The third-order valence-corrected chi connectivity index (χ3v) is 4.50. The molecule has 2 aromatic heterocycles. The predicted molar refractivity (Wildman–Crippen MR) is 80.9 cm³/mol. The third-order valence-electron chi connectivity index (χ3n) is 3.67. The van der Waals surface area contributed by atoms with Crippen LogP contribution < -0.4 is 10.6 Å². The number of rotatable bonds is 4. The molecular formula is C13H20N6S. The SMILES string of the molecule is Cn1cc(C(N)CN2CCN(c3nccs3)CC2)cn1. The van der Waals surface area contributed by atoms with Crippen molar-refractivity contribution in [3.8, 4) is 0 Å². The molecule has 7 heteroatoms. The van der Waals surface area contributed by atoms with Gasteiger partial charge in [-0.25, -0.2) is 4.98 Å². The van der Waals surface area contributed by atoms with Crippen molar-refractivity contribution in [2.45, 2.75) is 6.04 Å². The Hall–Kier alpha value is -1.44. The van der Waals surface area contributed by atoms with E-state index in [4.69, 9.17) is 5.73 Å². The van der Waals surface area contributed by atoms with Crippen molar-refractivity contribution in [2.75, 3.05) is 37.6 Å². The van der Waals surface area contributed by atoms with E-state index >= 15 is 0 Å². The molecule has 0 amide bonds. The average molecular weight is 292 g/mol. The van der Waals surface area contributed by atoms with Gasteiger partial charge < -0.3 is 10.6 Å². The number of aromatic nitrogens is 3. The quantitative estimate of drug-likeness (QED) is 0.899. The van der Waals surface area contributed by atoms with Crippen LogP contribution in [0.15, 0.2) is 24.0 Å². The Morgan fingerprint density at radius 1 is 1.35 bits per heavy atom. The number of hydrogen-bond acceptors (Lipinski definition) is 6. The molecule has 1 fully saturated rings. The van der Waals surface area contributed by atoms with Crippen molar-refractivity contribution < 1.29 is 0 Å². The summed E-state index contributed by atoms with van der Waals surface area (Å²) in [7, 11) is 1.92. The van der Waals surface area contributed by atoms with Crippen molar-refractivity contribution in [2.24, 2.45) is 12.8 Å². The fourth-order valence-electron chi connectivity index (χ4n) is 2.51. The highest BCUT2D eigenvalue weighted by molar-refractivity contribution is 7.13. The minimum absolute atomic E-state index is 0.0371. The normalized spacial score (nSPS) is 18.4. The van der Waals surface area contributed by atoms with E-state index < -0.39 is 0 Å². The molecule has 1 aliphatic rings. The van der Waals surface area contributed by atoms with Crippen molar-refractivity contribution in [3.63, 3.8) is 0 Å². The number of piperazine rings is 1. The van der Waals surface area contributed by atoms with Crippen molar-refractivity contribution >= 4 is 16.5 Å². The second kappa shape index (κ2) is 5.90. The minimum Gasteiger partial charge on any atom is -0.346 e. The largest absolute Gasteiger partial charge is 0.346 e. The van der Waals surface area contributed by atoms with Crippen molar-refractivity contribution in [1.29, 1.82) is 0 Å². The molecule has 6 nitrogen and oxygen atoms in total. The van der Waals surface area contributed by atoms with Gasteiger partial charge in [0, 0.05) is 69.2 Å². The Balaban J connectivity index is 1.51. The minimum atomic E-state index is 0.0371. The Morgan fingerprint density at radius 2 is 2.15 bits per heavy atom. The highest BCUT2D eigenvalue weighted by atomic mass is 32.1. The van der Waals surface area contributed by atoms with Crippen LogP contribution in [0.5, 0.6) is 0 Å². The Labute approximate surface area is 122 Å². The topological polar surface area (TPSA) is 63.2 Å². The van der Waals surface area contributed by atoms with Crippen LogP contribution in [0, 0.1) is 0 Å². The average Bonchev–Trinajstić information content (AvgIpc) is 3.10. The van der Waals surface area contributed by atoms with Gasteiger partial charge in [-0.15, -0.1) is 11.3 Å². The van der Waals surface area contributed by atoms with Gasteiger partial charge in [-0.05, 0) is 0 Å². The molecule has 1 aliphatic heterocycles. The van der Waals surface area contributed by atoms with Crippen LogP contribution in [-0.2, 0) is 7.05 Å². The number of hydrogen-bond donors (Lipinski definition) is 1. The molecule has 1 unspecified atom stereocenters. The highest BCUT2D eigenvalue weighted by Gasteiger charge is 2.21. The van der Waals surface area contributed by atoms with Gasteiger partial charge in [-0.2, -0.15) is 5.10 Å². The summed E-state index contributed by atoms with van der Waals surface area (Å²) in [6, 6.07) is 0.0371. The molecule has 3 rings (SSSR count). The van der Waals surface area contributed by atoms with Crippen LogP contribution in [0.4, 0.5) is 5.13 Å². The van der Waals surface area contributed by atoms with Crippen LogP contribution >= 0.6 is 11.3 Å². The molecule has 1 saturated heterocycles. The number of thiazole rings is 1. The highest BCUT2D eigenvalue weighted by Crippen LogP contribution is 2.19. The number of nitrogens with zero attached hydrogens (tertiary/aromatic N) is 5. The van der Waals surface area contributed by atoms with Gasteiger partial charge in [0.2, 0.25) is 0 Å². The Bertz CT molecular complexity index is 529. The molecule has 0 aliphatic carbocycles. The van der Waals surface area contributed by atoms with E-state index in [1.807, 2.05) is 31.0 Å². The lowest BCUT2D eigenvalue weighted by atomic mass is 10.1. The number of aryl methyl sites for hydroxylation is 1. The van der Waals surface area contributed by atoms with Gasteiger partial charge in [-0.3, -0.25) is 9.58 Å².